The van der Waals surface area contributed by atoms with Crippen LogP contribution in [0.5, 0.6) is 0 Å². The highest BCUT2D eigenvalue weighted by molar-refractivity contribution is 6.35. The molecular weight excluding hydrogens is 212 g/mol. The Hall–Kier alpha value is -1.35. The number of carbonyl (C=O) groups excluding carboxylic acids is 1. The molecule has 4 heteroatoms. The highest BCUT2D eigenvalue weighted by atomic mass is 35.5. The molecule has 15 heavy (non-hydrogen) atoms. The Bertz CT molecular complexity index is 531. The monoisotopic (exact) mass is 222 g/mol. The third-order valence-corrected chi connectivity index (χ3v) is 2.68. The molecule has 0 saturated heterocycles. The molecule has 0 saturated carbocycles. The van der Waals surface area contributed by atoms with Crippen molar-refractivity contribution in [3.8, 4) is 0 Å². The fraction of sp³-hybridized carbons (Fsp3) is 0.273. The molecule has 0 bridgehead atoms. The van der Waals surface area contributed by atoms with E-state index in [2.05, 4.69) is 5.10 Å². The number of fused-ring (bicyclic) bond motifs is 1. The van der Waals surface area contributed by atoms with Crippen molar-refractivity contribution in [2.75, 3.05) is 0 Å². The zero-order valence-electron chi connectivity index (χ0n) is 8.62. The van der Waals surface area contributed by atoms with Crippen LogP contribution in [0.3, 0.4) is 0 Å². The van der Waals surface area contributed by atoms with E-state index in [-0.39, 0.29) is 5.91 Å². The Morgan fingerprint density at radius 3 is 2.87 bits per heavy atom. The standard InChI is InChI=1S/C11H11ClN2O/c1-3-9-11-8(12)5-4-6-10(11)14(13-9)7(2)15/h4-6H,3H2,1-2H3. The van der Waals surface area contributed by atoms with Crippen molar-refractivity contribution >= 4 is 28.4 Å². The Labute approximate surface area is 92.6 Å². The molecule has 0 radical (unpaired) electrons. The zero-order chi connectivity index (χ0) is 11.0. The fourth-order valence-corrected chi connectivity index (χ4v) is 1.97. The van der Waals surface area contributed by atoms with Gasteiger partial charge in [0.05, 0.1) is 16.2 Å². The first-order valence-electron chi connectivity index (χ1n) is 4.82. The van der Waals surface area contributed by atoms with Crippen molar-refractivity contribution in [2.45, 2.75) is 20.3 Å². The first-order chi connectivity index (χ1) is 7.15. The van der Waals surface area contributed by atoms with E-state index in [4.69, 9.17) is 11.6 Å². The quantitative estimate of drug-likeness (QED) is 0.744. The van der Waals surface area contributed by atoms with Gasteiger partial charge in [-0.1, -0.05) is 24.6 Å². The second-order valence-electron chi connectivity index (χ2n) is 3.37. The third kappa shape index (κ3) is 1.53. The molecule has 0 aliphatic heterocycles. The SMILES string of the molecule is CCc1nn(C(C)=O)c2cccc(Cl)c12. The first kappa shape index (κ1) is 10.2. The van der Waals surface area contributed by atoms with Crippen molar-refractivity contribution in [3.63, 3.8) is 0 Å². The van der Waals surface area contributed by atoms with Gasteiger partial charge in [0.2, 0.25) is 5.91 Å². The Balaban J connectivity index is 2.87. The minimum absolute atomic E-state index is 0.0954. The number of nitrogens with zero attached hydrogens (tertiary/aromatic N) is 2. The molecule has 78 valence electrons. The van der Waals surface area contributed by atoms with Crippen LogP contribution in [0.4, 0.5) is 0 Å². The Morgan fingerprint density at radius 2 is 2.27 bits per heavy atom. The molecule has 0 atom stereocenters. The van der Waals surface area contributed by atoms with Crippen LogP contribution in [0, 0.1) is 0 Å². The predicted molar refractivity (Wildman–Crippen MR) is 60.4 cm³/mol. The van der Waals surface area contributed by atoms with Gasteiger partial charge >= 0.3 is 0 Å². The van der Waals surface area contributed by atoms with Gasteiger partial charge in [-0.2, -0.15) is 5.10 Å². The topological polar surface area (TPSA) is 34.9 Å². The van der Waals surface area contributed by atoms with Crippen molar-refractivity contribution in [1.29, 1.82) is 0 Å². The maximum atomic E-state index is 11.4. The highest BCUT2D eigenvalue weighted by Gasteiger charge is 2.13. The number of benzene rings is 1. The number of aryl methyl sites for hydroxylation is 1. The van der Waals surface area contributed by atoms with Crippen LogP contribution in [-0.2, 0) is 6.42 Å². The summed E-state index contributed by atoms with van der Waals surface area (Å²) in [7, 11) is 0. The van der Waals surface area contributed by atoms with E-state index in [1.54, 1.807) is 0 Å². The van der Waals surface area contributed by atoms with E-state index in [0.717, 1.165) is 23.0 Å². The molecule has 0 aliphatic rings. The molecule has 0 amide bonds. The van der Waals surface area contributed by atoms with Crippen LogP contribution < -0.4 is 0 Å². The van der Waals surface area contributed by atoms with Crippen molar-refractivity contribution in [3.05, 3.63) is 28.9 Å². The summed E-state index contributed by atoms with van der Waals surface area (Å²) < 4.78 is 1.40. The van der Waals surface area contributed by atoms with Gasteiger partial charge in [0.15, 0.2) is 0 Å². The van der Waals surface area contributed by atoms with Crippen LogP contribution in [0.1, 0.15) is 24.3 Å². The number of aromatic nitrogens is 2. The van der Waals surface area contributed by atoms with Gasteiger partial charge in [0.1, 0.15) is 0 Å². The smallest absolute Gasteiger partial charge is 0.244 e. The summed E-state index contributed by atoms with van der Waals surface area (Å²) in [5.41, 5.74) is 1.65. The molecule has 1 heterocycles. The summed E-state index contributed by atoms with van der Waals surface area (Å²) in [4.78, 5) is 11.4. The van der Waals surface area contributed by atoms with E-state index in [1.807, 2.05) is 25.1 Å². The zero-order valence-corrected chi connectivity index (χ0v) is 9.38. The fourth-order valence-electron chi connectivity index (χ4n) is 1.69. The molecule has 1 aromatic carbocycles. The van der Waals surface area contributed by atoms with E-state index < -0.39 is 0 Å². The lowest BCUT2D eigenvalue weighted by atomic mass is 10.2. The minimum Gasteiger partial charge on any atom is -0.273 e. The van der Waals surface area contributed by atoms with E-state index >= 15 is 0 Å². The molecular formula is C11H11ClN2O. The summed E-state index contributed by atoms with van der Waals surface area (Å²) in [5, 5.41) is 5.79. The van der Waals surface area contributed by atoms with E-state index in [1.165, 1.54) is 11.6 Å². The number of rotatable bonds is 1. The van der Waals surface area contributed by atoms with E-state index in [9.17, 15) is 4.79 Å². The largest absolute Gasteiger partial charge is 0.273 e. The van der Waals surface area contributed by atoms with Crippen LogP contribution >= 0.6 is 11.6 Å². The lowest BCUT2D eigenvalue weighted by Gasteiger charge is -1.96. The molecule has 0 aliphatic carbocycles. The van der Waals surface area contributed by atoms with Crippen LogP contribution in [0.2, 0.25) is 5.02 Å². The van der Waals surface area contributed by atoms with Crippen molar-refractivity contribution < 1.29 is 4.79 Å². The van der Waals surface area contributed by atoms with Crippen LogP contribution in [0.15, 0.2) is 18.2 Å². The predicted octanol–water partition coefficient (Wildman–Crippen LogP) is 2.91. The maximum absolute atomic E-state index is 11.4. The van der Waals surface area contributed by atoms with Crippen molar-refractivity contribution in [2.24, 2.45) is 0 Å². The molecule has 0 N–H and O–H groups in total. The molecule has 2 rings (SSSR count). The normalized spacial score (nSPS) is 10.9. The van der Waals surface area contributed by atoms with Crippen molar-refractivity contribution in [1.82, 2.24) is 9.78 Å². The lowest BCUT2D eigenvalue weighted by Crippen LogP contribution is -2.07. The number of halogens is 1. The average Bonchev–Trinajstić information content (AvgIpc) is 2.58. The summed E-state index contributed by atoms with van der Waals surface area (Å²) in [6.07, 6.45) is 0.764. The van der Waals surface area contributed by atoms with Gasteiger partial charge in [-0.3, -0.25) is 4.79 Å². The summed E-state index contributed by atoms with van der Waals surface area (Å²) >= 11 is 6.09. The number of carbonyl (C=O) groups is 1. The molecule has 2 aromatic rings. The van der Waals surface area contributed by atoms with Crippen LogP contribution in [-0.4, -0.2) is 15.7 Å². The lowest BCUT2D eigenvalue weighted by molar-refractivity contribution is 0.0926. The summed E-state index contributed by atoms with van der Waals surface area (Å²) in [5.74, 6) is -0.0954. The summed E-state index contributed by atoms with van der Waals surface area (Å²) in [6, 6.07) is 5.50. The third-order valence-electron chi connectivity index (χ3n) is 2.36. The average molecular weight is 223 g/mol. The van der Waals surface area contributed by atoms with Crippen LogP contribution in [0.25, 0.3) is 10.9 Å². The molecule has 3 nitrogen and oxygen atoms in total. The van der Waals surface area contributed by atoms with E-state index in [0.29, 0.717) is 5.02 Å². The summed E-state index contributed by atoms with van der Waals surface area (Å²) in [6.45, 7) is 3.49. The minimum atomic E-state index is -0.0954. The van der Waals surface area contributed by atoms with Gasteiger partial charge in [0.25, 0.3) is 0 Å². The van der Waals surface area contributed by atoms with Gasteiger partial charge in [0, 0.05) is 12.3 Å². The maximum Gasteiger partial charge on any atom is 0.244 e. The van der Waals surface area contributed by atoms with Gasteiger partial charge in [-0.05, 0) is 18.6 Å². The number of hydrogen-bond acceptors (Lipinski definition) is 2. The van der Waals surface area contributed by atoms with Gasteiger partial charge in [-0.15, -0.1) is 0 Å². The molecule has 0 unspecified atom stereocenters. The number of hydrogen-bond donors (Lipinski definition) is 0. The molecule has 0 spiro atoms. The molecule has 1 aromatic heterocycles. The Kier molecular flexibility index (Phi) is 2.49. The first-order valence-corrected chi connectivity index (χ1v) is 5.20. The highest BCUT2D eigenvalue weighted by Crippen LogP contribution is 2.26. The second-order valence-corrected chi connectivity index (χ2v) is 3.77. The molecule has 0 fully saturated rings. The van der Waals surface area contributed by atoms with Gasteiger partial charge in [-0.25, -0.2) is 4.68 Å². The second kappa shape index (κ2) is 3.66. The van der Waals surface area contributed by atoms with Gasteiger partial charge < -0.3 is 0 Å². The Morgan fingerprint density at radius 1 is 1.53 bits per heavy atom.